The minimum atomic E-state index is -0.750. The maximum atomic E-state index is 11.6. The van der Waals surface area contributed by atoms with Gasteiger partial charge in [-0.3, -0.25) is 0 Å². The van der Waals surface area contributed by atoms with Gasteiger partial charge in [-0.05, 0) is 0 Å². The predicted octanol–water partition coefficient (Wildman–Crippen LogP) is 10.8. The van der Waals surface area contributed by atoms with E-state index in [1.54, 1.807) is 37.5 Å². The summed E-state index contributed by atoms with van der Waals surface area (Å²) in [5.74, 6) is -0.0341. The molecule has 0 N–H and O–H groups in total. The van der Waals surface area contributed by atoms with Gasteiger partial charge in [0.1, 0.15) is 0 Å². The average Bonchev–Trinajstić information content (AvgIpc) is 3.27. The van der Waals surface area contributed by atoms with Crippen molar-refractivity contribution < 1.29 is 56.2 Å². The number of hydrogen-bond donors (Lipinski definition) is 0. The van der Waals surface area contributed by atoms with Crippen LogP contribution in [0.1, 0.15) is 0 Å². The third-order valence-electron chi connectivity index (χ3n) is 7.44. The van der Waals surface area contributed by atoms with Crippen molar-refractivity contribution in [1.82, 2.24) is 0 Å². The van der Waals surface area contributed by atoms with Crippen molar-refractivity contribution in [1.29, 1.82) is 0 Å². The molecule has 0 amide bonds. The molecule has 0 radical (unpaired) electrons. The Labute approximate surface area is 401 Å². The number of hydrogen-bond acceptors (Lipinski definition) is 3. The van der Waals surface area contributed by atoms with E-state index in [1.807, 2.05) is 221 Å². The van der Waals surface area contributed by atoms with E-state index in [0.717, 1.165) is 33.4 Å². The summed E-state index contributed by atoms with van der Waals surface area (Å²) in [6.45, 7) is 0. The molecule has 0 saturated carbocycles. The van der Waals surface area contributed by atoms with Crippen molar-refractivity contribution in [2.24, 2.45) is 0 Å². The Kier molecular flexibility index (Phi) is 29.8. The van der Waals surface area contributed by atoms with Crippen molar-refractivity contribution in [3.8, 4) is 0 Å². The van der Waals surface area contributed by atoms with Crippen LogP contribution in [-0.4, -0.2) is 4.30 Å². The normalized spacial score (nSPS) is 20.5. The Bertz CT molecular complexity index is 1780. The molecule has 6 aliphatic rings. The van der Waals surface area contributed by atoms with Crippen molar-refractivity contribution in [3.63, 3.8) is 0 Å². The summed E-state index contributed by atoms with van der Waals surface area (Å²) in [7, 11) is 0. The van der Waals surface area contributed by atoms with Crippen molar-refractivity contribution in [2.45, 2.75) is 4.30 Å². The summed E-state index contributed by atoms with van der Waals surface area (Å²) in [5, 5.41) is 34.8. The zero-order valence-electron chi connectivity index (χ0n) is 32.3. The molecule has 0 heterocycles. The van der Waals surface area contributed by atoms with Gasteiger partial charge in [0.05, 0.1) is 0 Å². The molecule has 0 bridgehead atoms. The van der Waals surface area contributed by atoms with E-state index in [4.69, 9.17) is 34.8 Å². The van der Waals surface area contributed by atoms with E-state index in [9.17, 15) is 15.3 Å². The van der Waals surface area contributed by atoms with Crippen molar-refractivity contribution in [3.05, 3.63) is 309 Å². The molecular weight excluding hydrogens is 992 g/mol. The Morgan fingerprint density at radius 2 is 0.583 bits per heavy atom. The summed E-state index contributed by atoms with van der Waals surface area (Å²) < 4.78 is -0.750. The largest absolute Gasteiger partial charge is 0.892 e. The first-order chi connectivity index (χ1) is 28.3. The van der Waals surface area contributed by atoms with Crippen LogP contribution in [-0.2, 0) is 40.8 Å². The van der Waals surface area contributed by atoms with E-state index >= 15 is 0 Å². The molecule has 0 aliphatic heterocycles. The molecular formula is C52H43Cl3O3Pd2-12. The van der Waals surface area contributed by atoms with Crippen LogP contribution in [0.5, 0.6) is 0 Å². The molecule has 0 atom stereocenters. The number of allylic oxidation sites excluding steroid dienone is 39. The molecule has 0 spiro atoms. The van der Waals surface area contributed by atoms with Crippen LogP contribution in [0.25, 0.3) is 0 Å². The zero-order valence-corrected chi connectivity index (χ0v) is 37.7. The van der Waals surface area contributed by atoms with E-state index in [1.165, 1.54) is 0 Å². The summed E-state index contributed by atoms with van der Waals surface area (Å²) in [6.07, 6.45) is 79.0. The molecule has 6 rings (SSSR count). The molecule has 3 nitrogen and oxygen atoms in total. The van der Waals surface area contributed by atoms with Crippen LogP contribution >= 0.6 is 34.8 Å². The standard InChI is InChI=1S/3C17H15O.CHCl3.2Pd/c3*18-17(13-11-15-7-3-1-4-8-15)14-12-16-9-5-2-6-10-16;2-1(3)4;;/h3*1-14,18H;1H;;/q3*-3;;;/p-3. The van der Waals surface area contributed by atoms with Gasteiger partial charge in [0.15, 0.2) is 4.30 Å². The molecule has 0 saturated heterocycles. The van der Waals surface area contributed by atoms with Gasteiger partial charge in [-0.1, -0.05) is 34.8 Å². The van der Waals surface area contributed by atoms with Crippen LogP contribution < -0.4 is 15.3 Å². The third-order valence-corrected chi connectivity index (χ3v) is 7.44. The van der Waals surface area contributed by atoms with Gasteiger partial charge < -0.3 is 15.3 Å². The number of alkyl halides is 3. The van der Waals surface area contributed by atoms with Gasteiger partial charge in [0.2, 0.25) is 0 Å². The fraction of sp³-hybridized carbons (Fsp3) is 0.0192. The molecule has 8 heteroatoms. The van der Waals surface area contributed by atoms with E-state index in [-0.39, 0.29) is 58.1 Å². The summed E-state index contributed by atoms with van der Waals surface area (Å²) in [6, 6.07) is 0. The molecule has 0 unspecified atom stereocenters. The van der Waals surface area contributed by atoms with Crippen LogP contribution in [0.15, 0.2) is 251 Å². The summed E-state index contributed by atoms with van der Waals surface area (Å²) in [4.78, 5) is 0. The summed E-state index contributed by atoms with van der Waals surface area (Å²) in [5.41, 5.74) is 6.16. The van der Waals surface area contributed by atoms with Gasteiger partial charge >= 0.3 is 0 Å². The Morgan fingerprint density at radius 1 is 0.383 bits per heavy atom. The Hall–Kier alpha value is -5.04. The second-order valence-corrected chi connectivity index (χ2v) is 13.9. The Morgan fingerprint density at radius 3 is 0.767 bits per heavy atom. The van der Waals surface area contributed by atoms with Crippen LogP contribution in [0.2, 0.25) is 0 Å². The maximum absolute atomic E-state index is 11.6. The fourth-order valence-electron chi connectivity index (χ4n) is 4.62. The molecule has 0 aromatic carbocycles. The first-order valence-corrected chi connectivity index (χ1v) is 19.5. The minimum Gasteiger partial charge on any atom is -0.892 e. The third kappa shape index (κ3) is 26.9. The molecule has 0 aromatic heterocycles. The molecule has 0 fully saturated rings. The quantitative estimate of drug-likeness (QED) is 0.100. The SMILES string of the molecule is ClC(Cl)Cl.[O-]C(=CC=C1C=CC=C[CH-]1)[CH-]C=C1C=CC=C[CH-]1.[O-]C(=CC=C1C=CC=C[CH-]1)[CH-]C=C1C=CC=C[CH-]1.[O-]C(=CC=C1C=CC=C[CH-]1)[CH-]C=C1C=CC=C[CH-]1.[Pd].[Pd]. The van der Waals surface area contributed by atoms with E-state index in [0.29, 0.717) is 0 Å². The monoisotopic (exact) mass is 1030 g/mol. The molecule has 60 heavy (non-hydrogen) atoms. The first-order valence-electron chi connectivity index (χ1n) is 18.2. The van der Waals surface area contributed by atoms with E-state index in [2.05, 4.69) is 0 Å². The molecule has 0 aromatic rings. The van der Waals surface area contributed by atoms with Crippen molar-refractivity contribution >= 4 is 34.8 Å². The Balaban J connectivity index is 0.000000423. The average molecular weight is 1040 g/mol. The van der Waals surface area contributed by atoms with Gasteiger partial charge in [0.25, 0.3) is 0 Å². The van der Waals surface area contributed by atoms with Gasteiger partial charge in [-0.2, -0.15) is 109 Å². The smallest absolute Gasteiger partial charge is 0.180 e. The van der Waals surface area contributed by atoms with Crippen molar-refractivity contribution in [2.75, 3.05) is 0 Å². The van der Waals surface area contributed by atoms with Gasteiger partial charge in [-0.25, -0.2) is 89.7 Å². The van der Waals surface area contributed by atoms with Crippen LogP contribution in [0.4, 0.5) is 0 Å². The number of rotatable bonds is 9. The second-order valence-electron chi connectivity index (χ2n) is 11.9. The second kappa shape index (κ2) is 33.8. The summed E-state index contributed by atoms with van der Waals surface area (Å²) >= 11 is 14.4. The predicted molar refractivity (Wildman–Crippen MR) is 242 cm³/mol. The minimum absolute atomic E-state index is 0. The molecule has 6 aliphatic carbocycles. The van der Waals surface area contributed by atoms with Crippen LogP contribution in [0, 0.1) is 57.8 Å². The molecule has 322 valence electrons. The zero-order chi connectivity index (χ0) is 41.5. The first kappa shape index (κ1) is 53.0. The number of halogens is 3. The van der Waals surface area contributed by atoms with Crippen LogP contribution in [0.3, 0.4) is 0 Å². The topological polar surface area (TPSA) is 69.2 Å². The van der Waals surface area contributed by atoms with Gasteiger partial charge in [-0.15, -0.1) is 110 Å². The van der Waals surface area contributed by atoms with Gasteiger partial charge in [0, 0.05) is 40.8 Å². The maximum Gasteiger partial charge on any atom is 0.180 e. The van der Waals surface area contributed by atoms with E-state index < -0.39 is 4.30 Å². The fourth-order valence-corrected chi connectivity index (χ4v) is 4.62.